The first kappa shape index (κ1) is 18.5. The molecule has 0 aliphatic carbocycles. The summed E-state index contributed by atoms with van der Waals surface area (Å²) in [6.45, 7) is 2.67. The third kappa shape index (κ3) is 5.09. The van der Waals surface area contributed by atoms with E-state index < -0.39 is 0 Å². The lowest BCUT2D eigenvalue weighted by Crippen LogP contribution is -2.28. The Labute approximate surface area is 161 Å². The number of hydrogen-bond donors (Lipinski definition) is 1. The van der Waals surface area contributed by atoms with E-state index in [1.807, 2.05) is 30.3 Å². The van der Waals surface area contributed by atoms with Gasteiger partial charge in [-0.2, -0.15) is 0 Å². The third-order valence-electron chi connectivity index (χ3n) is 3.78. The number of carbonyl (C=O) groups excluding carboxylic acids is 1. The van der Waals surface area contributed by atoms with E-state index in [4.69, 9.17) is 16.0 Å². The van der Waals surface area contributed by atoms with Gasteiger partial charge >= 0.3 is 0 Å². The fourth-order valence-electron chi connectivity index (χ4n) is 2.35. The highest BCUT2D eigenvalue weighted by Crippen LogP contribution is 2.25. The van der Waals surface area contributed by atoms with Crippen molar-refractivity contribution in [1.82, 2.24) is 15.5 Å². The summed E-state index contributed by atoms with van der Waals surface area (Å²) in [6, 6.07) is 17.3. The van der Waals surface area contributed by atoms with Gasteiger partial charge in [-0.05, 0) is 29.7 Å². The molecule has 2 aromatic carbocycles. The van der Waals surface area contributed by atoms with Gasteiger partial charge in [0.15, 0.2) is 0 Å². The highest BCUT2D eigenvalue weighted by molar-refractivity contribution is 7.99. The molecule has 1 heterocycles. The Morgan fingerprint density at radius 2 is 2.00 bits per heavy atom. The number of amides is 1. The van der Waals surface area contributed by atoms with Gasteiger partial charge in [-0.1, -0.05) is 66.7 Å². The van der Waals surface area contributed by atoms with Crippen LogP contribution in [0.2, 0.25) is 5.02 Å². The van der Waals surface area contributed by atoms with E-state index in [2.05, 4.69) is 34.6 Å². The fraction of sp³-hybridized carbons (Fsp3) is 0.211. The number of nitrogens with zero attached hydrogens (tertiary/aromatic N) is 2. The maximum Gasteiger partial charge on any atom is 0.277 e. The third-order valence-corrected chi connectivity index (χ3v) is 4.83. The molecule has 1 aromatic heterocycles. The van der Waals surface area contributed by atoms with Gasteiger partial charge in [-0.25, -0.2) is 0 Å². The number of halogens is 1. The zero-order valence-corrected chi connectivity index (χ0v) is 15.8. The van der Waals surface area contributed by atoms with Crippen molar-refractivity contribution in [2.75, 3.05) is 12.3 Å². The molecule has 5 nitrogen and oxygen atoms in total. The van der Waals surface area contributed by atoms with Crippen LogP contribution in [0.3, 0.4) is 0 Å². The second kappa shape index (κ2) is 8.87. The molecule has 1 N–H and O–H groups in total. The topological polar surface area (TPSA) is 68.0 Å². The molecule has 0 bridgehead atoms. The summed E-state index contributed by atoms with van der Waals surface area (Å²) in [7, 11) is 0. The van der Waals surface area contributed by atoms with Crippen LogP contribution in [-0.2, 0) is 4.79 Å². The minimum atomic E-state index is -0.0692. The van der Waals surface area contributed by atoms with Crippen LogP contribution in [-0.4, -0.2) is 28.4 Å². The van der Waals surface area contributed by atoms with Crippen LogP contribution in [0.25, 0.3) is 11.5 Å². The van der Waals surface area contributed by atoms with E-state index in [-0.39, 0.29) is 17.6 Å². The van der Waals surface area contributed by atoms with E-state index >= 15 is 0 Å². The number of thioether (sulfide) groups is 1. The van der Waals surface area contributed by atoms with Crippen molar-refractivity contribution in [3.63, 3.8) is 0 Å². The lowest BCUT2D eigenvalue weighted by atomic mass is 10.0. The Bertz CT molecular complexity index is 870. The van der Waals surface area contributed by atoms with Crippen molar-refractivity contribution in [1.29, 1.82) is 0 Å². The number of benzene rings is 2. The van der Waals surface area contributed by atoms with Crippen LogP contribution in [0.5, 0.6) is 0 Å². The minimum absolute atomic E-state index is 0.0692. The van der Waals surface area contributed by atoms with Crippen LogP contribution in [0, 0.1) is 0 Å². The lowest BCUT2D eigenvalue weighted by molar-refractivity contribution is -0.118. The van der Waals surface area contributed by atoms with Crippen molar-refractivity contribution in [2.24, 2.45) is 0 Å². The molecular weight excluding hydrogens is 370 g/mol. The van der Waals surface area contributed by atoms with Crippen molar-refractivity contribution in [3.05, 3.63) is 65.2 Å². The first-order valence-electron chi connectivity index (χ1n) is 8.15. The zero-order chi connectivity index (χ0) is 18.4. The Morgan fingerprint density at radius 3 is 2.77 bits per heavy atom. The van der Waals surface area contributed by atoms with Crippen LogP contribution in [0.15, 0.2) is 64.2 Å². The molecule has 7 heteroatoms. The Kier molecular flexibility index (Phi) is 6.30. The second-order valence-corrected chi connectivity index (χ2v) is 7.15. The van der Waals surface area contributed by atoms with E-state index in [0.29, 0.717) is 22.7 Å². The molecule has 0 saturated heterocycles. The minimum Gasteiger partial charge on any atom is -0.411 e. The number of aromatic nitrogens is 2. The smallest absolute Gasteiger partial charge is 0.277 e. The number of rotatable bonds is 7. The summed E-state index contributed by atoms with van der Waals surface area (Å²) < 4.78 is 5.57. The quantitative estimate of drug-likeness (QED) is 0.608. The van der Waals surface area contributed by atoms with Gasteiger partial charge in [-0.3, -0.25) is 4.79 Å². The van der Waals surface area contributed by atoms with Crippen LogP contribution < -0.4 is 5.32 Å². The van der Waals surface area contributed by atoms with Crippen LogP contribution in [0.1, 0.15) is 18.4 Å². The predicted octanol–water partition coefficient (Wildman–Crippen LogP) is 4.40. The summed E-state index contributed by atoms with van der Waals surface area (Å²) in [5.74, 6) is 0.787. The maximum absolute atomic E-state index is 12.0. The molecular formula is C19H18ClN3O2S. The zero-order valence-electron chi connectivity index (χ0n) is 14.2. The Morgan fingerprint density at radius 1 is 1.19 bits per heavy atom. The molecule has 0 aliphatic rings. The summed E-state index contributed by atoms with van der Waals surface area (Å²) in [4.78, 5) is 12.0. The van der Waals surface area contributed by atoms with Gasteiger partial charge in [0.2, 0.25) is 11.8 Å². The molecule has 0 aliphatic heterocycles. The average Bonchev–Trinajstić information content (AvgIpc) is 3.14. The normalized spacial score (nSPS) is 11.9. The monoisotopic (exact) mass is 387 g/mol. The van der Waals surface area contributed by atoms with Gasteiger partial charge in [0, 0.05) is 17.1 Å². The lowest BCUT2D eigenvalue weighted by Gasteiger charge is -2.12. The molecule has 3 rings (SSSR count). The second-order valence-electron chi connectivity index (χ2n) is 5.79. The van der Waals surface area contributed by atoms with Crippen molar-refractivity contribution in [3.8, 4) is 11.5 Å². The molecule has 1 amide bonds. The van der Waals surface area contributed by atoms with Crippen LogP contribution in [0.4, 0.5) is 0 Å². The first-order chi connectivity index (χ1) is 12.6. The first-order valence-corrected chi connectivity index (χ1v) is 9.52. The molecule has 0 fully saturated rings. The Balaban J connectivity index is 1.48. The molecule has 3 aromatic rings. The molecule has 0 unspecified atom stereocenters. The molecule has 134 valence electrons. The summed E-state index contributed by atoms with van der Waals surface area (Å²) in [5.41, 5.74) is 1.95. The Hall–Kier alpha value is -2.31. The summed E-state index contributed by atoms with van der Waals surface area (Å²) >= 11 is 7.17. The fourth-order valence-corrected chi connectivity index (χ4v) is 3.13. The molecule has 0 spiro atoms. The molecule has 0 saturated carbocycles. The predicted molar refractivity (Wildman–Crippen MR) is 103 cm³/mol. The summed E-state index contributed by atoms with van der Waals surface area (Å²) in [6.07, 6.45) is 0. The van der Waals surface area contributed by atoms with Gasteiger partial charge < -0.3 is 9.73 Å². The van der Waals surface area contributed by atoms with Crippen molar-refractivity contribution in [2.45, 2.75) is 18.1 Å². The number of hydrogen-bond acceptors (Lipinski definition) is 5. The number of nitrogens with one attached hydrogen (secondary N) is 1. The summed E-state index contributed by atoms with van der Waals surface area (Å²) in [5, 5.41) is 11.8. The van der Waals surface area contributed by atoms with Gasteiger partial charge in [-0.15, -0.1) is 10.2 Å². The highest BCUT2D eigenvalue weighted by Gasteiger charge is 2.12. The van der Waals surface area contributed by atoms with Gasteiger partial charge in [0.1, 0.15) is 0 Å². The highest BCUT2D eigenvalue weighted by atomic mass is 35.5. The number of carbonyl (C=O) groups is 1. The standard InChI is InChI=1S/C19H18ClN3O2S/c1-13(14-6-3-2-4-7-14)11-21-17(24)12-26-19-23-22-18(25-19)15-8-5-9-16(20)10-15/h2-10,13H,11-12H2,1H3,(H,21,24)/t13-/m0/s1. The maximum atomic E-state index is 12.0. The molecule has 0 radical (unpaired) electrons. The SMILES string of the molecule is C[C@@H](CNC(=O)CSc1nnc(-c2cccc(Cl)c2)o1)c1ccccc1. The van der Waals surface area contributed by atoms with E-state index in [9.17, 15) is 4.79 Å². The average molecular weight is 388 g/mol. The van der Waals surface area contributed by atoms with Gasteiger partial charge in [0.25, 0.3) is 5.22 Å². The van der Waals surface area contributed by atoms with Crippen molar-refractivity contribution >= 4 is 29.3 Å². The molecule has 1 atom stereocenters. The van der Waals surface area contributed by atoms with E-state index in [0.717, 1.165) is 5.56 Å². The van der Waals surface area contributed by atoms with E-state index in [1.165, 1.54) is 17.3 Å². The van der Waals surface area contributed by atoms with E-state index in [1.54, 1.807) is 12.1 Å². The van der Waals surface area contributed by atoms with Gasteiger partial charge in [0.05, 0.1) is 5.75 Å². The van der Waals surface area contributed by atoms with Crippen LogP contribution >= 0.6 is 23.4 Å². The largest absolute Gasteiger partial charge is 0.411 e. The molecule has 26 heavy (non-hydrogen) atoms. The van der Waals surface area contributed by atoms with Crippen molar-refractivity contribution < 1.29 is 9.21 Å².